The van der Waals surface area contributed by atoms with Gasteiger partial charge in [-0.25, -0.2) is 0 Å². The number of benzene rings is 3. The maximum atomic E-state index is 13.5. The third kappa shape index (κ3) is 3.06. The summed E-state index contributed by atoms with van der Waals surface area (Å²) in [6.07, 6.45) is 0. The number of hydrogen-bond acceptors (Lipinski definition) is 3. The van der Waals surface area contributed by atoms with E-state index in [-0.39, 0.29) is 5.78 Å². The molecule has 29 heavy (non-hydrogen) atoms. The normalized spacial score (nSPS) is 19.1. The SMILES string of the molecule is Cc1ccccc1CN1C(=O)[C@](O)([C@@H](C)C(=O)c2ccccc2)c2ccccc21. The van der Waals surface area contributed by atoms with Crippen LogP contribution in [0.1, 0.15) is 34.0 Å². The lowest BCUT2D eigenvalue weighted by molar-refractivity contribution is -0.139. The van der Waals surface area contributed by atoms with E-state index in [4.69, 9.17) is 0 Å². The van der Waals surface area contributed by atoms with Crippen molar-refractivity contribution in [2.75, 3.05) is 4.90 Å². The fourth-order valence-corrected chi connectivity index (χ4v) is 4.04. The third-order valence-electron chi connectivity index (χ3n) is 5.84. The second kappa shape index (κ2) is 7.30. The van der Waals surface area contributed by atoms with Crippen molar-refractivity contribution in [1.82, 2.24) is 0 Å². The summed E-state index contributed by atoms with van der Waals surface area (Å²) in [6.45, 7) is 3.97. The predicted octanol–water partition coefficient (Wildman–Crippen LogP) is 4.25. The lowest BCUT2D eigenvalue weighted by atomic mass is 9.79. The lowest BCUT2D eigenvalue weighted by Crippen LogP contribution is -2.47. The van der Waals surface area contributed by atoms with E-state index >= 15 is 0 Å². The van der Waals surface area contributed by atoms with Gasteiger partial charge in [-0.1, -0.05) is 79.7 Å². The van der Waals surface area contributed by atoms with Crippen molar-refractivity contribution in [3.05, 3.63) is 101 Å². The number of aryl methyl sites for hydroxylation is 1. The third-order valence-corrected chi connectivity index (χ3v) is 5.84. The molecule has 1 N–H and O–H groups in total. The van der Waals surface area contributed by atoms with E-state index in [0.29, 0.717) is 23.4 Å². The number of amides is 1. The molecule has 4 rings (SSSR count). The topological polar surface area (TPSA) is 57.6 Å². The van der Waals surface area contributed by atoms with Gasteiger partial charge in [0.15, 0.2) is 11.4 Å². The van der Waals surface area contributed by atoms with Crippen LogP contribution in [0.15, 0.2) is 78.9 Å². The van der Waals surface area contributed by atoms with Crippen LogP contribution in [0.4, 0.5) is 5.69 Å². The van der Waals surface area contributed by atoms with Crippen LogP contribution in [0.3, 0.4) is 0 Å². The van der Waals surface area contributed by atoms with Gasteiger partial charge in [0.2, 0.25) is 0 Å². The van der Waals surface area contributed by atoms with Gasteiger partial charge in [-0.3, -0.25) is 9.59 Å². The zero-order chi connectivity index (χ0) is 20.6. The highest BCUT2D eigenvalue weighted by Crippen LogP contribution is 2.46. The van der Waals surface area contributed by atoms with Crippen molar-refractivity contribution in [3.8, 4) is 0 Å². The minimum absolute atomic E-state index is 0.256. The smallest absolute Gasteiger partial charge is 0.264 e. The molecule has 0 radical (unpaired) electrons. The van der Waals surface area contributed by atoms with Crippen LogP contribution in [-0.2, 0) is 16.9 Å². The Morgan fingerprint density at radius 3 is 2.31 bits per heavy atom. The largest absolute Gasteiger partial charge is 0.375 e. The summed E-state index contributed by atoms with van der Waals surface area (Å²) in [5, 5.41) is 11.6. The van der Waals surface area contributed by atoms with Gasteiger partial charge in [-0.05, 0) is 24.1 Å². The molecule has 1 aliphatic rings. The molecule has 0 saturated carbocycles. The van der Waals surface area contributed by atoms with Crippen LogP contribution in [0.5, 0.6) is 0 Å². The van der Waals surface area contributed by atoms with Crippen molar-refractivity contribution < 1.29 is 14.7 Å². The van der Waals surface area contributed by atoms with Gasteiger partial charge >= 0.3 is 0 Å². The quantitative estimate of drug-likeness (QED) is 0.668. The van der Waals surface area contributed by atoms with Crippen molar-refractivity contribution in [2.24, 2.45) is 5.92 Å². The number of hydrogen-bond donors (Lipinski definition) is 1. The molecule has 0 unspecified atom stereocenters. The Kier molecular flexibility index (Phi) is 4.81. The number of aliphatic hydroxyl groups is 1. The van der Waals surface area contributed by atoms with E-state index in [1.807, 2.05) is 49.4 Å². The maximum Gasteiger partial charge on any atom is 0.264 e. The molecule has 4 heteroatoms. The summed E-state index contributed by atoms with van der Waals surface area (Å²) < 4.78 is 0. The second-order valence-corrected chi connectivity index (χ2v) is 7.55. The van der Waals surface area contributed by atoms with Crippen LogP contribution in [0.25, 0.3) is 0 Å². The minimum atomic E-state index is -1.90. The first-order chi connectivity index (χ1) is 13.9. The maximum absolute atomic E-state index is 13.5. The van der Waals surface area contributed by atoms with Gasteiger partial charge in [0, 0.05) is 11.1 Å². The van der Waals surface area contributed by atoms with E-state index in [1.54, 1.807) is 48.2 Å². The van der Waals surface area contributed by atoms with E-state index in [2.05, 4.69) is 0 Å². The number of anilines is 1. The number of nitrogens with zero attached hydrogens (tertiary/aromatic N) is 1. The summed E-state index contributed by atoms with van der Waals surface area (Å²) in [5.74, 6) is -1.63. The molecule has 1 heterocycles. The zero-order valence-electron chi connectivity index (χ0n) is 16.5. The standard InChI is InChI=1S/C25H23NO3/c1-17-10-6-7-13-20(17)16-26-22-15-9-8-14-21(22)25(29,24(26)28)18(2)23(27)19-11-4-3-5-12-19/h3-15,18,29H,16H2,1-2H3/t18-,25-/m0/s1. The van der Waals surface area contributed by atoms with Crippen molar-refractivity contribution in [1.29, 1.82) is 0 Å². The number of Topliss-reactive ketones (excluding diaryl/α,β-unsaturated/α-hetero) is 1. The molecule has 146 valence electrons. The molecule has 1 amide bonds. The number of fused-ring (bicyclic) bond motifs is 1. The highest BCUT2D eigenvalue weighted by molar-refractivity contribution is 6.11. The van der Waals surface area contributed by atoms with Crippen molar-refractivity contribution in [3.63, 3.8) is 0 Å². The van der Waals surface area contributed by atoms with E-state index in [9.17, 15) is 14.7 Å². The highest BCUT2D eigenvalue weighted by atomic mass is 16.3. The van der Waals surface area contributed by atoms with Gasteiger partial charge in [-0.15, -0.1) is 0 Å². The molecule has 0 spiro atoms. The first-order valence-electron chi connectivity index (χ1n) is 9.72. The Labute approximate surface area is 170 Å². The lowest BCUT2D eigenvalue weighted by Gasteiger charge is -2.28. The number of para-hydroxylation sites is 1. The van der Waals surface area contributed by atoms with Gasteiger partial charge in [0.1, 0.15) is 0 Å². The molecule has 0 aromatic heterocycles. The van der Waals surface area contributed by atoms with Crippen LogP contribution in [0, 0.1) is 12.8 Å². The monoisotopic (exact) mass is 385 g/mol. The van der Waals surface area contributed by atoms with E-state index < -0.39 is 17.4 Å². The highest BCUT2D eigenvalue weighted by Gasteiger charge is 2.55. The van der Waals surface area contributed by atoms with E-state index in [0.717, 1.165) is 11.1 Å². The van der Waals surface area contributed by atoms with Crippen LogP contribution < -0.4 is 4.90 Å². The van der Waals surface area contributed by atoms with Gasteiger partial charge in [-0.2, -0.15) is 0 Å². The van der Waals surface area contributed by atoms with Crippen LogP contribution >= 0.6 is 0 Å². The van der Waals surface area contributed by atoms with Gasteiger partial charge in [0.25, 0.3) is 5.91 Å². The number of carbonyl (C=O) groups excluding carboxylic acids is 2. The summed E-state index contributed by atoms with van der Waals surface area (Å²) in [7, 11) is 0. The molecular formula is C25H23NO3. The average molecular weight is 385 g/mol. The minimum Gasteiger partial charge on any atom is -0.375 e. The molecule has 0 saturated heterocycles. The van der Waals surface area contributed by atoms with Crippen LogP contribution in [-0.4, -0.2) is 16.8 Å². The van der Waals surface area contributed by atoms with E-state index in [1.165, 1.54) is 0 Å². The molecule has 3 aromatic rings. The number of carbonyl (C=O) groups is 2. The Morgan fingerprint density at radius 1 is 0.966 bits per heavy atom. The predicted molar refractivity (Wildman–Crippen MR) is 113 cm³/mol. The molecule has 1 aliphatic heterocycles. The average Bonchev–Trinajstić information content (AvgIpc) is 2.97. The Bertz CT molecular complexity index is 1080. The van der Waals surface area contributed by atoms with Gasteiger partial charge in [0.05, 0.1) is 18.2 Å². The van der Waals surface area contributed by atoms with Crippen molar-refractivity contribution in [2.45, 2.75) is 26.0 Å². The van der Waals surface area contributed by atoms with Crippen molar-refractivity contribution >= 4 is 17.4 Å². The summed E-state index contributed by atoms with van der Waals surface area (Å²) in [5.41, 5.74) is 1.79. The molecule has 2 atom stereocenters. The second-order valence-electron chi connectivity index (χ2n) is 7.55. The molecular weight excluding hydrogens is 362 g/mol. The molecule has 4 nitrogen and oxygen atoms in total. The fourth-order valence-electron chi connectivity index (χ4n) is 4.04. The van der Waals surface area contributed by atoms with Gasteiger partial charge < -0.3 is 10.0 Å². The molecule has 0 aliphatic carbocycles. The Morgan fingerprint density at radius 2 is 1.59 bits per heavy atom. The summed E-state index contributed by atoms with van der Waals surface area (Å²) in [4.78, 5) is 28.2. The molecule has 0 bridgehead atoms. The first-order valence-corrected chi connectivity index (χ1v) is 9.72. The summed E-state index contributed by atoms with van der Waals surface area (Å²) >= 11 is 0. The zero-order valence-corrected chi connectivity index (χ0v) is 16.5. The number of ketones is 1. The number of rotatable bonds is 5. The Balaban J connectivity index is 1.75. The molecule has 3 aromatic carbocycles. The fraction of sp³-hybridized carbons (Fsp3) is 0.200. The van der Waals surface area contributed by atoms with Crippen LogP contribution in [0.2, 0.25) is 0 Å². The molecule has 0 fully saturated rings. The Hall–Kier alpha value is -3.24. The summed E-state index contributed by atoms with van der Waals surface area (Å²) in [6, 6.07) is 23.8. The first kappa shape index (κ1) is 19.1.